The number of aromatic nitrogens is 2. The molecule has 0 bridgehead atoms. The highest BCUT2D eigenvalue weighted by atomic mass is 16.5. The van der Waals surface area contributed by atoms with Crippen LogP contribution in [0.4, 0.5) is 0 Å². The molecule has 3 aromatic rings. The molecule has 1 N–H and O–H groups in total. The molecule has 0 fully saturated rings. The standard InChI is InChI=1S/C18H16N2O4/c1-23-13-9-7-12(8-10-13)14-11-16(18(21)22)20(19-14)15-5-3-4-6-17(15)24-2/h3-11H,1-2H3,(H,21,22). The van der Waals surface area contributed by atoms with Crippen molar-refractivity contribution in [3.63, 3.8) is 0 Å². The van der Waals surface area contributed by atoms with Crippen LogP contribution in [0.5, 0.6) is 11.5 Å². The number of aromatic carboxylic acids is 1. The maximum absolute atomic E-state index is 11.6. The molecule has 0 unspecified atom stereocenters. The quantitative estimate of drug-likeness (QED) is 0.780. The van der Waals surface area contributed by atoms with Gasteiger partial charge < -0.3 is 14.6 Å². The average Bonchev–Trinajstić information content (AvgIpc) is 3.07. The van der Waals surface area contributed by atoms with E-state index in [-0.39, 0.29) is 5.69 Å². The van der Waals surface area contributed by atoms with Crippen molar-refractivity contribution < 1.29 is 19.4 Å². The molecule has 122 valence electrons. The number of hydrogen-bond acceptors (Lipinski definition) is 4. The predicted molar refractivity (Wildman–Crippen MR) is 89.1 cm³/mol. The topological polar surface area (TPSA) is 73.6 Å². The lowest BCUT2D eigenvalue weighted by molar-refractivity contribution is 0.0687. The molecule has 1 heterocycles. The van der Waals surface area contributed by atoms with E-state index in [0.717, 1.165) is 11.3 Å². The number of methoxy groups -OCH3 is 2. The minimum absolute atomic E-state index is 0.0605. The van der Waals surface area contributed by atoms with Crippen LogP contribution in [0.3, 0.4) is 0 Å². The van der Waals surface area contributed by atoms with Gasteiger partial charge in [-0.1, -0.05) is 12.1 Å². The molecule has 0 saturated carbocycles. The number of carbonyl (C=O) groups is 1. The Kier molecular flexibility index (Phi) is 4.20. The van der Waals surface area contributed by atoms with Crippen LogP contribution in [0.2, 0.25) is 0 Å². The molecule has 3 rings (SSSR count). The third-order valence-corrected chi connectivity index (χ3v) is 3.63. The van der Waals surface area contributed by atoms with Gasteiger partial charge in [-0.25, -0.2) is 9.48 Å². The smallest absolute Gasteiger partial charge is 0.354 e. The Balaban J connectivity index is 2.13. The van der Waals surface area contributed by atoms with Gasteiger partial charge in [0.15, 0.2) is 5.69 Å². The maximum Gasteiger partial charge on any atom is 0.354 e. The minimum Gasteiger partial charge on any atom is -0.497 e. The van der Waals surface area contributed by atoms with Crippen molar-refractivity contribution >= 4 is 5.97 Å². The van der Waals surface area contributed by atoms with Crippen LogP contribution < -0.4 is 9.47 Å². The van der Waals surface area contributed by atoms with Crippen molar-refractivity contribution in [3.05, 3.63) is 60.3 Å². The minimum atomic E-state index is -1.06. The van der Waals surface area contributed by atoms with Gasteiger partial charge in [0, 0.05) is 5.56 Å². The van der Waals surface area contributed by atoms with E-state index >= 15 is 0 Å². The Morgan fingerprint density at radius 1 is 1.04 bits per heavy atom. The summed E-state index contributed by atoms with van der Waals surface area (Å²) in [4.78, 5) is 11.6. The molecule has 0 aliphatic heterocycles. The van der Waals surface area contributed by atoms with Gasteiger partial charge in [-0.2, -0.15) is 5.10 Å². The Labute approximate surface area is 138 Å². The first-order valence-corrected chi connectivity index (χ1v) is 7.25. The fourth-order valence-corrected chi connectivity index (χ4v) is 2.42. The molecule has 24 heavy (non-hydrogen) atoms. The summed E-state index contributed by atoms with van der Waals surface area (Å²) in [6.45, 7) is 0. The number of para-hydroxylation sites is 2. The van der Waals surface area contributed by atoms with Crippen LogP contribution in [-0.2, 0) is 0 Å². The molecule has 0 saturated heterocycles. The van der Waals surface area contributed by atoms with Crippen LogP contribution >= 0.6 is 0 Å². The molecule has 2 aromatic carbocycles. The number of ether oxygens (including phenoxy) is 2. The first-order valence-electron chi connectivity index (χ1n) is 7.25. The van der Waals surface area contributed by atoms with Gasteiger partial charge in [0.05, 0.1) is 19.9 Å². The number of nitrogens with zero attached hydrogens (tertiary/aromatic N) is 2. The van der Waals surface area contributed by atoms with Crippen LogP contribution in [0.15, 0.2) is 54.6 Å². The van der Waals surface area contributed by atoms with E-state index in [1.807, 2.05) is 18.2 Å². The average molecular weight is 324 g/mol. The molecule has 1 aromatic heterocycles. The summed E-state index contributed by atoms with van der Waals surface area (Å²) in [5.41, 5.74) is 1.98. The Morgan fingerprint density at radius 2 is 1.75 bits per heavy atom. The van der Waals surface area contributed by atoms with E-state index in [2.05, 4.69) is 5.10 Å². The first kappa shape index (κ1) is 15.6. The highest BCUT2D eigenvalue weighted by Gasteiger charge is 2.18. The Hall–Kier alpha value is -3.28. The number of carboxylic acids is 1. The van der Waals surface area contributed by atoms with Crippen molar-refractivity contribution in [1.29, 1.82) is 0 Å². The zero-order valence-electron chi connectivity index (χ0n) is 13.3. The maximum atomic E-state index is 11.6. The molecule has 6 heteroatoms. The first-order chi connectivity index (χ1) is 11.6. The number of hydrogen-bond donors (Lipinski definition) is 1. The van der Waals surface area contributed by atoms with E-state index in [0.29, 0.717) is 17.1 Å². The van der Waals surface area contributed by atoms with Crippen LogP contribution in [0, 0.1) is 0 Å². The van der Waals surface area contributed by atoms with E-state index in [1.165, 1.54) is 17.9 Å². The highest BCUT2D eigenvalue weighted by molar-refractivity contribution is 5.88. The summed E-state index contributed by atoms with van der Waals surface area (Å²) < 4.78 is 11.8. The molecule has 0 amide bonds. The van der Waals surface area contributed by atoms with E-state index in [4.69, 9.17) is 9.47 Å². The Morgan fingerprint density at radius 3 is 2.38 bits per heavy atom. The highest BCUT2D eigenvalue weighted by Crippen LogP contribution is 2.27. The zero-order chi connectivity index (χ0) is 17.1. The van der Waals surface area contributed by atoms with Gasteiger partial charge in [-0.05, 0) is 42.5 Å². The molecule has 0 spiro atoms. The lowest BCUT2D eigenvalue weighted by Gasteiger charge is -2.09. The van der Waals surface area contributed by atoms with Crippen molar-refractivity contribution in [2.75, 3.05) is 14.2 Å². The summed E-state index contributed by atoms with van der Waals surface area (Å²) in [5.74, 6) is 0.207. The predicted octanol–water partition coefficient (Wildman–Crippen LogP) is 3.25. The number of rotatable bonds is 5. The fraction of sp³-hybridized carbons (Fsp3) is 0.111. The van der Waals surface area contributed by atoms with Gasteiger partial charge in [-0.3, -0.25) is 0 Å². The third-order valence-electron chi connectivity index (χ3n) is 3.63. The lowest BCUT2D eigenvalue weighted by Crippen LogP contribution is -2.09. The van der Waals surface area contributed by atoms with Crippen molar-refractivity contribution in [2.45, 2.75) is 0 Å². The summed E-state index contributed by atoms with van der Waals surface area (Å²) in [7, 11) is 3.13. The molecule has 0 radical (unpaired) electrons. The number of benzene rings is 2. The summed E-state index contributed by atoms with van der Waals surface area (Å²) in [6.07, 6.45) is 0. The zero-order valence-corrected chi connectivity index (χ0v) is 13.3. The van der Waals surface area contributed by atoms with Gasteiger partial charge >= 0.3 is 5.97 Å². The second-order valence-electron chi connectivity index (χ2n) is 5.03. The summed E-state index contributed by atoms with van der Waals surface area (Å²) in [5, 5.41) is 14.0. The van der Waals surface area contributed by atoms with Gasteiger partial charge in [-0.15, -0.1) is 0 Å². The van der Waals surface area contributed by atoms with E-state index in [9.17, 15) is 9.90 Å². The molecular weight excluding hydrogens is 308 g/mol. The molecule has 0 aliphatic rings. The summed E-state index contributed by atoms with van der Waals surface area (Å²) >= 11 is 0. The SMILES string of the molecule is COc1ccc(-c2cc(C(=O)O)n(-c3ccccc3OC)n2)cc1. The molecule has 6 nitrogen and oxygen atoms in total. The second-order valence-corrected chi connectivity index (χ2v) is 5.03. The fourth-order valence-electron chi connectivity index (χ4n) is 2.42. The van der Waals surface area contributed by atoms with Crippen molar-refractivity contribution in [3.8, 4) is 28.4 Å². The lowest BCUT2D eigenvalue weighted by atomic mass is 10.1. The van der Waals surface area contributed by atoms with E-state index < -0.39 is 5.97 Å². The Bertz CT molecular complexity index is 869. The van der Waals surface area contributed by atoms with Crippen LogP contribution in [0.25, 0.3) is 16.9 Å². The van der Waals surface area contributed by atoms with Crippen molar-refractivity contribution in [1.82, 2.24) is 9.78 Å². The molecular formula is C18H16N2O4. The van der Waals surface area contributed by atoms with Crippen molar-refractivity contribution in [2.24, 2.45) is 0 Å². The third kappa shape index (κ3) is 2.81. The van der Waals surface area contributed by atoms with Gasteiger partial charge in [0.25, 0.3) is 0 Å². The second kappa shape index (κ2) is 6.45. The van der Waals surface area contributed by atoms with Gasteiger partial charge in [0.2, 0.25) is 0 Å². The van der Waals surface area contributed by atoms with Crippen LogP contribution in [-0.4, -0.2) is 35.1 Å². The normalized spacial score (nSPS) is 10.4. The molecule has 0 aliphatic carbocycles. The monoisotopic (exact) mass is 324 g/mol. The largest absolute Gasteiger partial charge is 0.497 e. The van der Waals surface area contributed by atoms with Crippen LogP contribution in [0.1, 0.15) is 10.5 Å². The summed E-state index contributed by atoms with van der Waals surface area (Å²) in [6, 6.07) is 16.0. The van der Waals surface area contributed by atoms with Gasteiger partial charge in [0.1, 0.15) is 17.2 Å². The molecule has 0 atom stereocenters. The van der Waals surface area contributed by atoms with E-state index in [1.54, 1.807) is 37.4 Å². The number of carboxylic acid groups (broad SMARTS) is 1.